The van der Waals surface area contributed by atoms with Crippen LogP contribution in [0.3, 0.4) is 0 Å². The fraction of sp³-hybridized carbons (Fsp3) is 0.400. The molecule has 0 aliphatic heterocycles. The van der Waals surface area contributed by atoms with Gasteiger partial charge in [0.25, 0.3) is 0 Å². The molecule has 15 heavy (non-hydrogen) atoms. The molecule has 0 amide bonds. The lowest BCUT2D eigenvalue weighted by molar-refractivity contribution is -0.142. The molecule has 0 bridgehead atoms. The van der Waals surface area contributed by atoms with Crippen molar-refractivity contribution >= 4 is 21.9 Å². The van der Waals surface area contributed by atoms with Crippen LogP contribution in [0.4, 0.5) is 0 Å². The largest absolute Gasteiger partial charge is 0.495 e. The lowest BCUT2D eigenvalue weighted by Crippen LogP contribution is -2.09. The van der Waals surface area contributed by atoms with Crippen LogP contribution in [0.2, 0.25) is 0 Å². The van der Waals surface area contributed by atoms with Crippen LogP contribution in [0, 0.1) is 0 Å². The number of carbonyl (C=O) groups is 1. The van der Waals surface area contributed by atoms with Crippen LogP contribution in [-0.4, -0.2) is 24.7 Å². The molecule has 0 aromatic carbocycles. The molecule has 1 heterocycles. The zero-order chi connectivity index (χ0) is 11.3. The molecule has 1 aromatic heterocycles. The van der Waals surface area contributed by atoms with Crippen molar-refractivity contribution in [3.8, 4) is 5.75 Å². The number of hydrogen-bond donors (Lipinski definition) is 0. The normalized spacial score (nSPS) is 9.80. The van der Waals surface area contributed by atoms with E-state index in [0.717, 1.165) is 0 Å². The van der Waals surface area contributed by atoms with Crippen molar-refractivity contribution in [3.05, 3.63) is 22.4 Å². The molecule has 0 saturated carbocycles. The van der Waals surface area contributed by atoms with E-state index in [-0.39, 0.29) is 12.4 Å². The fourth-order valence-corrected chi connectivity index (χ4v) is 1.63. The van der Waals surface area contributed by atoms with Crippen LogP contribution in [0.15, 0.2) is 16.7 Å². The fourth-order valence-electron chi connectivity index (χ4n) is 1.10. The van der Waals surface area contributed by atoms with Crippen molar-refractivity contribution in [3.63, 3.8) is 0 Å². The van der Waals surface area contributed by atoms with E-state index in [4.69, 9.17) is 9.47 Å². The van der Waals surface area contributed by atoms with Crippen molar-refractivity contribution in [2.75, 3.05) is 13.7 Å². The highest BCUT2D eigenvalue weighted by molar-refractivity contribution is 9.10. The standard InChI is InChI=1S/C10H12BrNO3/c1-3-15-9(13)6-7-10(11)8(14-2)4-5-12-7/h4-5H,3,6H2,1-2H3. The number of carbonyl (C=O) groups excluding carboxylic acids is 1. The zero-order valence-corrected chi connectivity index (χ0v) is 10.2. The van der Waals surface area contributed by atoms with Crippen LogP contribution < -0.4 is 4.74 Å². The maximum absolute atomic E-state index is 11.2. The molecule has 1 rings (SSSR count). The van der Waals surface area contributed by atoms with Crippen molar-refractivity contribution in [1.82, 2.24) is 4.98 Å². The molecule has 0 N–H and O–H groups in total. The van der Waals surface area contributed by atoms with E-state index in [1.54, 1.807) is 26.3 Å². The highest BCUT2D eigenvalue weighted by Gasteiger charge is 2.12. The third-order valence-electron chi connectivity index (χ3n) is 1.76. The van der Waals surface area contributed by atoms with Gasteiger partial charge in [0.1, 0.15) is 5.75 Å². The summed E-state index contributed by atoms with van der Waals surface area (Å²) >= 11 is 3.33. The summed E-state index contributed by atoms with van der Waals surface area (Å²) < 4.78 is 10.6. The molecule has 0 saturated heterocycles. The van der Waals surface area contributed by atoms with Gasteiger partial charge in [0, 0.05) is 6.20 Å². The number of methoxy groups -OCH3 is 1. The van der Waals surface area contributed by atoms with Gasteiger partial charge in [0.15, 0.2) is 0 Å². The highest BCUT2D eigenvalue weighted by atomic mass is 79.9. The minimum Gasteiger partial charge on any atom is -0.495 e. The first-order chi connectivity index (χ1) is 7.19. The molecular formula is C10H12BrNO3. The van der Waals surface area contributed by atoms with E-state index in [1.807, 2.05) is 0 Å². The SMILES string of the molecule is CCOC(=O)Cc1nccc(OC)c1Br. The van der Waals surface area contributed by atoms with E-state index in [0.29, 0.717) is 22.5 Å². The van der Waals surface area contributed by atoms with E-state index in [9.17, 15) is 4.79 Å². The predicted octanol–water partition coefficient (Wildman–Crippen LogP) is 1.96. The first-order valence-electron chi connectivity index (χ1n) is 4.52. The van der Waals surface area contributed by atoms with Gasteiger partial charge in [-0.2, -0.15) is 0 Å². The summed E-state index contributed by atoms with van der Waals surface area (Å²) in [7, 11) is 1.56. The Morgan fingerprint density at radius 2 is 2.33 bits per heavy atom. The van der Waals surface area contributed by atoms with Gasteiger partial charge in [-0.3, -0.25) is 9.78 Å². The first kappa shape index (κ1) is 12.0. The number of esters is 1. The maximum atomic E-state index is 11.2. The van der Waals surface area contributed by atoms with E-state index >= 15 is 0 Å². The third-order valence-corrected chi connectivity index (χ3v) is 2.61. The van der Waals surface area contributed by atoms with Gasteiger partial charge >= 0.3 is 5.97 Å². The van der Waals surface area contributed by atoms with Crippen LogP contribution in [0.5, 0.6) is 5.75 Å². The number of rotatable bonds is 4. The second-order valence-corrected chi connectivity index (χ2v) is 3.55. The monoisotopic (exact) mass is 273 g/mol. The van der Waals surface area contributed by atoms with Crippen molar-refractivity contribution in [1.29, 1.82) is 0 Å². The number of pyridine rings is 1. The summed E-state index contributed by atoms with van der Waals surface area (Å²) in [5.74, 6) is 0.364. The van der Waals surface area contributed by atoms with Gasteiger partial charge in [-0.25, -0.2) is 0 Å². The van der Waals surface area contributed by atoms with Gasteiger partial charge in [0.2, 0.25) is 0 Å². The molecule has 0 unspecified atom stereocenters. The summed E-state index contributed by atoms with van der Waals surface area (Å²) in [6, 6.07) is 1.72. The van der Waals surface area contributed by atoms with Crippen LogP contribution >= 0.6 is 15.9 Å². The predicted molar refractivity (Wildman–Crippen MR) is 58.8 cm³/mol. The van der Waals surface area contributed by atoms with Crippen molar-refractivity contribution in [2.45, 2.75) is 13.3 Å². The average Bonchev–Trinajstić information content (AvgIpc) is 2.21. The first-order valence-corrected chi connectivity index (χ1v) is 5.31. The Hall–Kier alpha value is -1.10. The van der Waals surface area contributed by atoms with Crippen molar-refractivity contribution < 1.29 is 14.3 Å². The third kappa shape index (κ3) is 3.20. The van der Waals surface area contributed by atoms with Crippen LogP contribution in [0.25, 0.3) is 0 Å². The van der Waals surface area contributed by atoms with E-state index < -0.39 is 0 Å². The number of aromatic nitrogens is 1. The lowest BCUT2D eigenvalue weighted by Gasteiger charge is -2.07. The van der Waals surface area contributed by atoms with Gasteiger partial charge in [0.05, 0.1) is 30.3 Å². The molecule has 82 valence electrons. The molecule has 0 atom stereocenters. The average molecular weight is 274 g/mol. The highest BCUT2D eigenvalue weighted by Crippen LogP contribution is 2.26. The van der Waals surface area contributed by atoms with E-state index in [1.165, 1.54) is 0 Å². The summed E-state index contributed by atoms with van der Waals surface area (Å²) in [6.45, 7) is 2.15. The second kappa shape index (κ2) is 5.70. The molecule has 0 aliphatic carbocycles. The topological polar surface area (TPSA) is 48.4 Å². The number of hydrogen-bond acceptors (Lipinski definition) is 4. The Kier molecular flexibility index (Phi) is 4.55. The summed E-state index contributed by atoms with van der Waals surface area (Å²) in [5, 5.41) is 0. The molecule has 5 heteroatoms. The smallest absolute Gasteiger partial charge is 0.311 e. The Morgan fingerprint density at radius 1 is 1.60 bits per heavy atom. The summed E-state index contributed by atoms with van der Waals surface area (Å²) in [6.07, 6.45) is 1.74. The van der Waals surface area contributed by atoms with Gasteiger partial charge in [-0.05, 0) is 28.9 Å². The van der Waals surface area contributed by atoms with Gasteiger partial charge in [-0.1, -0.05) is 0 Å². The molecular weight excluding hydrogens is 262 g/mol. The van der Waals surface area contributed by atoms with Crippen LogP contribution in [-0.2, 0) is 16.0 Å². The minimum absolute atomic E-state index is 0.144. The minimum atomic E-state index is -0.293. The van der Waals surface area contributed by atoms with E-state index in [2.05, 4.69) is 20.9 Å². The number of nitrogens with zero attached hydrogens (tertiary/aromatic N) is 1. The quantitative estimate of drug-likeness (QED) is 0.787. The molecule has 0 aliphatic rings. The second-order valence-electron chi connectivity index (χ2n) is 2.76. The molecule has 0 fully saturated rings. The zero-order valence-electron chi connectivity index (χ0n) is 8.62. The van der Waals surface area contributed by atoms with Crippen LogP contribution in [0.1, 0.15) is 12.6 Å². The molecule has 1 aromatic rings. The number of halogens is 1. The molecule has 0 spiro atoms. The Bertz CT molecular complexity index is 355. The number of ether oxygens (including phenoxy) is 2. The Morgan fingerprint density at radius 3 is 2.93 bits per heavy atom. The summed E-state index contributed by atoms with van der Waals surface area (Å²) in [4.78, 5) is 15.3. The van der Waals surface area contributed by atoms with Gasteiger partial charge in [-0.15, -0.1) is 0 Å². The van der Waals surface area contributed by atoms with Crippen molar-refractivity contribution in [2.24, 2.45) is 0 Å². The lowest BCUT2D eigenvalue weighted by atomic mass is 10.2. The Balaban J connectivity index is 2.81. The molecule has 0 radical (unpaired) electrons. The van der Waals surface area contributed by atoms with Gasteiger partial charge < -0.3 is 9.47 Å². The summed E-state index contributed by atoms with van der Waals surface area (Å²) in [5.41, 5.74) is 0.618. The maximum Gasteiger partial charge on any atom is 0.311 e. The molecule has 4 nitrogen and oxygen atoms in total. The Labute approximate surface area is 96.7 Å².